The van der Waals surface area contributed by atoms with Crippen LogP contribution in [0.4, 0.5) is 0 Å². The molecule has 1 unspecified atom stereocenters. The van der Waals surface area contributed by atoms with E-state index < -0.39 is 16.3 Å². The number of aromatic nitrogens is 1. The van der Waals surface area contributed by atoms with Gasteiger partial charge in [-0.05, 0) is 25.0 Å². The SMILES string of the molecule is O=S(=O)(c1csc(-c2ccc(Br)cc2)n1)N1CCCCC1C1OCCO1. The van der Waals surface area contributed by atoms with Gasteiger partial charge in [-0.1, -0.05) is 34.5 Å². The molecule has 0 radical (unpaired) electrons. The quantitative estimate of drug-likeness (QED) is 0.701. The molecule has 3 heterocycles. The van der Waals surface area contributed by atoms with Gasteiger partial charge in [0, 0.05) is 22.0 Å². The smallest absolute Gasteiger partial charge is 0.261 e. The van der Waals surface area contributed by atoms with Crippen LogP contribution in [-0.2, 0) is 19.5 Å². The molecular formula is C17H19BrN2O4S2. The molecular weight excluding hydrogens is 440 g/mol. The van der Waals surface area contributed by atoms with E-state index in [9.17, 15) is 8.42 Å². The van der Waals surface area contributed by atoms with Crippen molar-refractivity contribution in [3.05, 3.63) is 34.1 Å². The second-order valence-electron chi connectivity index (χ2n) is 6.29. The lowest BCUT2D eigenvalue weighted by Gasteiger charge is -2.36. The lowest BCUT2D eigenvalue weighted by atomic mass is 10.0. The minimum absolute atomic E-state index is 0.102. The number of piperidine rings is 1. The van der Waals surface area contributed by atoms with Crippen LogP contribution in [0.1, 0.15) is 19.3 Å². The van der Waals surface area contributed by atoms with Crippen molar-refractivity contribution in [3.8, 4) is 10.6 Å². The summed E-state index contributed by atoms with van der Waals surface area (Å²) in [5, 5.41) is 2.41. The van der Waals surface area contributed by atoms with Crippen LogP contribution >= 0.6 is 27.3 Å². The molecule has 4 rings (SSSR count). The summed E-state index contributed by atoms with van der Waals surface area (Å²) in [6.45, 7) is 1.50. The summed E-state index contributed by atoms with van der Waals surface area (Å²) in [4.78, 5) is 4.41. The molecule has 140 valence electrons. The molecule has 2 saturated heterocycles. The van der Waals surface area contributed by atoms with Crippen LogP contribution in [0.25, 0.3) is 10.6 Å². The number of hydrogen-bond acceptors (Lipinski definition) is 6. The first-order valence-electron chi connectivity index (χ1n) is 8.52. The normalized spacial score (nSPS) is 22.7. The van der Waals surface area contributed by atoms with Crippen LogP contribution in [0.5, 0.6) is 0 Å². The Balaban J connectivity index is 1.62. The Morgan fingerprint density at radius 1 is 1.15 bits per heavy atom. The van der Waals surface area contributed by atoms with Gasteiger partial charge >= 0.3 is 0 Å². The topological polar surface area (TPSA) is 68.7 Å². The third-order valence-corrected chi connectivity index (χ3v) is 7.99. The largest absolute Gasteiger partial charge is 0.349 e. The Morgan fingerprint density at radius 2 is 1.88 bits per heavy atom. The molecule has 0 amide bonds. The van der Waals surface area contributed by atoms with E-state index in [0.29, 0.717) is 24.8 Å². The minimum Gasteiger partial charge on any atom is -0.349 e. The maximum absolute atomic E-state index is 13.2. The monoisotopic (exact) mass is 458 g/mol. The molecule has 26 heavy (non-hydrogen) atoms. The number of sulfonamides is 1. The van der Waals surface area contributed by atoms with Gasteiger partial charge in [0.25, 0.3) is 10.0 Å². The standard InChI is InChI=1S/C17H19BrN2O4S2/c18-13-6-4-12(5-7-13)16-19-15(11-25-16)26(21,22)20-8-2-1-3-14(20)17-23-9-10-24-17/h4-7,11,14,17H,1-3,8-10H2. The van der Waals surface area contributed by atoms with E-state index >= 15 is 0 Å². The zero-order chi connectivity index (χ0) is 18.1. The summed E-state index contributed by atoms with van der Waals surface area (Å²) in [5.74, 6) is 0. The van der Waals surface area contributed by atoms with Crippen LogP contribution < -0.4 is 0 Å². The van der Waals surface area contributed by atoms with Gasteiger partial charge in [-0.25, -0.2) is 13.4 Å². The molecule has 0 saturated carbocycles. The van der Waals surface area contributed by atoms with E-state index in [2.05, 4.69) is 20.9 Å². The van der Waals surface area contributed by atoms with Gasteiger partial charge in [-0.3, -0.25) is 0 Å². The van der Waals surface area contributed by atoms with Crippen molar-refractivity contribution in [3.63, 3.8) is 0 Å². The van der Waals surface area contributed by atoms with Crippen molar-refractivity contribution in [1.82, 2.24) is 9.29 Å². The Hall–Kier alpha value is -0.840. The van der Waals surface area contributed by atoms with E-state index in [0.717, 1.165) is 29.3 Å². The first-order chi connectivity index (χ1) is 12.6. The summed E-state index contributed by atoms with van der Waals surface area (Å²) in [6, 6.07) is 7.39. The van der Waals surface area contributed by atoms with E-state index in [-0.39, 0.29) is 11.1 Å². The number of thiazole rings is 1. The van der Waals surface area contributed by atoms with Crippen LogP contribution in [0.3, 0.4) is 0 Å². The lowest BCUT2D eigenvalue weighted by Crippen LogP contribution is -2.50. The van der Waals surface area contributed by atoms with Gasteiger partial charge in [0.1, 0.15) is 5.01 Å². The number of halogens is 1. The zero-order valence-corrected chi connectivity index (χ0v) is 17.2. The molecule has 1 aromatic carbocycles. The predicted octanol–water partition coefficient (Wildman–Crippen LogP) is 3.49. The second-order valence-corrected chi connectivity index (χ2v) is 9.90. The Morgan fingerprint density at radius 3 is 2.62 bits per heavy atom. The van der Waals surface area contributed by atoms with Crippen molar-refractivity contribution in [2.45, 2.75) is 36.6 Å². The van der Waals surface area contributed by atoms with Gasteiger partial charge in [0.2, 0.25) is 0 Å². The fraction of sp³-hybridized carbons (Fsp3) is 0.471. The highest BCUT2D eigenvalue weighted by Gasteiger charge is 2.41. The van der Waals surface area contributed by atoms with Crippen molar-refractivity contribution in [2.75, 3.05) is 19.8 Å². The third-order valence-electron chi connectivity index (χ3n) is 4.61. The molecule has 2 fully saturated rings. The average Bonchev–Trinajstić information content (AvgIpc) is 3.35. The Labute approximate surface area is 165 Å². The van der Waals surface area contributed by atoms with Gasteiger partial charge in [-0.2, -0.15) is 4.31 Å². The summed E-state index contributed by atoms with van der Waals surface area (Å²) >= 11 is 4.74. The molecule has 2 aliphatic heterocycles. The second kappa shape index (κ2) is 7.65. The molecule has 0 aliphatic carbocycles. The highest BCUT2D eigenvalue weighted by atomic mass is 79.9. The fourth-order valence-electron chi connectivity index (χ4n) is 3.32. The summed E-state index contributed by atoms with van der Waals surface area (Å²) in [5.41, 5.74) is 0.900. The van der Waals surface area contributed by atoms with E-state index in [4.69, 9.17) is 9.47 Å². The molecule has 2 aliphatic rings. The molecule has 6 nitrogen and oxygen atoms in total. The first-order valence-corrected chi connectivity index (χ1v) is 11.6. The van der Waals surface area contributed by atoms with Crippen molar-refractivity contribution >= 4 is 37.3 Å². The molecule has 9 heteroatoms. The molecule has 1 aromatic heterocycles. The molecule has 0 spiro atoms. The maximum atomic E-state index is 13.2. The van der Waals surface area contributed by atoms with Crippen LogP contribution in [-0.4, -0.2) is 49.8 Å². The number of hydrogen-bond donors (Lipinski definition) is 0. The Bertz CT molecular complexity index is 863. The fourth-order valence-corrected chi connectivity index (χ4v) is 6.34. The minimum atomic E-state index is -3.68. The van der Waals surface area contributed by atoms with E-state index in [1.54, 1.807) is 5.38 Å². The van der Waals surface area contributed by atoms with E-state index in [1.807, 2.05) is 24.3 Å². The summed E-state index contributed by atoms with van der Waals surface area (Å²) in [6.07, 6.45) is 2.08. The van der Waals surface area contributed by atoms with Gasteiger partial charge in [-0.15, -0.1) is 11.3 Å². The van der Waals surface area contributed by atoms with Crippen LogP contribution in [0, 0.1) is 0 Å². The molecule has 0 N–H and O–H groups in total. The third kappa shape index (κ3) is 3.61. The van der Waals surface area contributed by atoms with Crippen LogP contribution in [0.2, 0.25) is 0 Å². The predicted molar refractivity (Wildman–Crippen MR) is 102 cm³/mol. The van der Waals surface area contributed by atoms with Crippen LogP contribution in [0.15, 0.2) is 39.1 Å². The van der Waals surface area contributed by atoms with Crippen molar-refractivity contribution in [1.29, 1.82) is 0 Å². The number of benzene rings is 1. The highest BCUT2D eigenvalue weighted by Crippen LogP contribution is 2.32. The Kier molecular flexibility index (Phi) is 5.45. The molecule has 1 atom stereocenters. The van der Waals surface area contributed by atoms with Crippen molar-refractivity contribution in [2.24, 2.45) is 0 Å². The average molecular weight is 459 g/mol. The highest BCUT2D eigenvalue weighted by molar-refractivity contribution is 9.10. The summed E-state index contributed by atoms with van der Waals surface area (Å²) in [7, 11) is -3.68. The maximum Gasteiger partial charge on any atom is 0.261 e. The molecule has 2 aromatic rings. The van der Waals surface area contributed by atoms with Gasteiger partial charge < -0.3 is 9.47 Å². The lowest BCUT2D eigenvalue weighted by molar-refractivity contribution is -0.0913. The number of ether oxygens (including phenoxy) is 2. The van der Waals surface area contributed by atoms with Crippen molar-refractivity contribution < 1.29 is 17.9 Å². The van der Waals surface area contributed by atoms with Gasteiger partial charge in [0.15, 0.2) is 11.3 Å². The summed E-state index contributed by atoms with van der Waals surface area (Å²) < 4.78 is 40.1. The molecule has 0 bridgehead atoms. The number of nitrogens with zero attached hydrogens (tertiary/aromatic N) is 2. The van der Waals surface area contributed by atoms with E-state index in [1.165, 1.54) is 15.6 Å². The number of rotatable bonds is 4. The zero-order valence-electron chi connectivity index (χ0n) is 14.0. The first kappa shape index (κ1) is 18.5. The van der Waals surface area contributed by atoms with Gasteiger partial charge in [0.05, 0.1) is 19.3 Å².